The van der Waals surface area contributed by atoms with Crippen LogP contribution >= 0.6 is 11.3 Å². The predicted octanol–water partition coefficient (Wildman–Crippen LogP) is 4.72. The average Bonchev–Trinajstić information content (AvgIpc) is 3.47. The van der Waals surface area contributed by atoms with E-state index in [4.69, 9.17) is 4.42 Å². The number of amides is 2. The van der Waals surface area contributed by atoms with Crippen LogP contribution in [0.3, 0.4) is 0 Å². The first-order valence-electron chi connectivity index (χ1n) is 8.90. The monoisotopic (exact) mass is 459 g/mol. The number of carbonyl (C=O) groups is 2. The molecule has 32 heavy (non-hydrogen) atoms. The van der Waals surface area contributed by atoms with Gasteiger partial charge in [-0.25, -0.2) is 15.0 Å². The number of benzene rings is 1. The summed E-state index contributed by atoms with van der Waals surface area (Å²) in [5, 5.41) is 6.32. The van der Waals surface area contributed by atoms with E-state index < -0.39 is 29.2 Å². The standard InChI is InChI=1S/C20H12F3N5O3S/c21-20(22,23)13-8-12(26-17(29)11-4-7-31-9-11)2-3-14(13)27-18(30)15-10-32-19(28-15)16-24-5-1-6-25-16/h1-10H,(H,26,29)(H,27,30). The van der Waals surface area contributed by atoms with E-state index in [2.05, 4.69) is 25.6 Å². The molecule has 0 atom stereocenters. The molecule has 0 unspecified atom stereocenters. The SMILES string of the molecule is O=C(Nc1ccc(NC(=O)c2csc(-c3ncccn3)n2)c(C(F)(F)F)c1)c1ccoc1. The van der Waals surface area contributed by atoms with Crippen molar-refractivity contribution in [3.05, 3.63) is 77.5 Å². The Labute approximate surface area is 182 Å². The van der Waals surface area contributed by atoms with Gasteiger partial charge < -0.3 is 15.1 Å². The van der Waals surface area contributed by atoms with Gasteiger partial charge in [0.2, 0.25) is 0 Å². The first-order valence-corrected chi connectivity index (χ1v) is 9.78. The minimum absolute atomic E-state index is 0.0806. The van der Waals surface area contributed by atoms with Gasteiger partial charge >= 0.3 is 6.18 Å². The molecule has 0 spiro atoms. The minimum Gasteiger partial charge on any atom is -0.472 e. The zero-order chi connectivity index (χ0) is 22.7. The van der Waals surface area contributed by atoms with Crippen LogP contribution in [0, 0.1) is 0 Å². The molecule has 8 nitrogen and oxygen atoms in total. The van der Waals surface area contributed by atoms with Crippen molar-refractivity contribution in [2.75, 3.05) is 10.6 Å². The first-order chi connectivity index (χ1) is 15.3. The molecular formula is C20H12F3N5O3S. The number of aromatic nitrogens is 3. The highest BCUT2D eigenvalue weighted by molar-refractivity contribution is 7.13. The van der Waals surface area contributed by atoms with Crippen LogP contribution in [0.4, 0.5) is 24.5 Å². The van der Waals surface area contributed by atoms with Crippen molar-refractivity contribution in [3.63, 3.8) is 0 Å². The van der Waals surface area contributed by atoms with E-state index >= 15 is 0 Å². The molecule has 162 valence electrons. The van der Waals surface area contributed by atoms with E-state index in [1.165, 1.54) is 36.2 Å². The molecule has 3 aromatic heterocycles. The fraction of sp³-hybridized carbons (Fsp3) is 0.0500. The lowest BCUT2D eigenvalue weighted by Gasteiger charge is -2.15. The molecule has 0 saturated carbocycles. The van der Waals surface area contributed by atoms with E-state index in [1.807, 2.05) is 0 Å². The second kappa shape index (κ2) is 8.59. The number of halogens is 3. The lowest BCUT2D eigenvalue weighted by molar-refractivity contribution is -0.136. The molecule has 2 amide bonds. The maximum Gasteiger partial charge on any atom is 0.418 e. The van der Waals surface area contributed by atoms with Gasteiger partial charge in [0, 0.05) is 23.5 Å². The van der Waals surface area contributed by atoms with Crippen molar-refractivity contribution in [1.82, 2.24) is 15.0 Å². The third kappa shape index (κ3) is 4.64. The summed E-state index contributed by atoms with van der Waals surface area (Å²) in [6, 6.07) is 6.02. The summed E-state index contributed by atoms with van der Waals surface area (Å²) in [6.07, 6.45) is 0.655. The van der Waals surface area contributed by atoms with Gasteiger partial charge in [-0.1, -0.05) is 0 Å². The number of nitrogens with zero attached hydrogens (tertiary/aromatic N) is 3. The fourth-order valence-electron chi connectivity index (χ4n) is 2.64. The van der Waals surface area contributed by atoms with Crippen molar-refractivity contribution in [2.24, 2.45) is 0 Å². The summed E-state index contributed by atoms with van der Waals surface area (Å²) in [7, 11) is 0. The molecule has 0 radical (unpaired) electrons. The van der Waals surface area contributed by atoms with Crippen LogP contribution in [-0.2, 0) is 6.18 Å². The quantitative estimate of drug-likeness (QED) is 0.447. The molecule has 0 aliphatic heterocycles. The molecule has 0 fully saturated rings. The van der Waals surface area contributed by atoms with Crippen LogP contribution in [0.2, 0.25) is 0 Å². The van der Waals surface area contributed by atoms with Crippen LogP contribution in [0.5, 0.6) is 0 Å². The maximum absolute atomic E-state index is 13.6. The molecule has 0 bridgehead atoms. The van der Waals surface area contributed by atoms with Crippen molar-refractivity contribution >= 4 is 34.5 Å². The van der Waals surface area contributed by atoms with Gasteiger partial charge in [0.15, 0.2) is 10.8 Å². The highest BCUT2D eigenvalue weighted by atomic mass is 32.1. The maximum atomic E-state index is 13.6. The Balaban J connectivity index is 1.56. The van der Waals surface area contributed by atoms with E-state index in [9.17, 15) is 22.8 Å². The fourth-order valence-corrected chi connectivity index (χ4v) is 3.38. The molecule has 1 aromatic carbocycles. The van der Waals surface area contributed by atoms with Gasteiger partial charge in [-0.2, -0.15) is 13.2 Å². The number of carbonyl (C=O) groups excluding carboxylic acids is 2. The summed E-state index contributed by atoms with van der Waals surface area (Å²) in [5.41, 5.74) is -1.63. The third-order valence-electron chi connectivity index (χ3n) is 4.11. The summed E-state index contributed by atoms with van der Waals surface area (Å²) in [5.74, 6) is -1.17. The van der Waals surface area contributed by atoms with Crippen molar-refractivity contribution < 1.29 is 27.2 Å². The van der Waals surface area contributed by atoms with Crippen LogP contribution in [0.1, 0.15) is 26.4 Å². The smallest absolute Gasteiger partial charge is 0.418 e. The molecule has 0 saturated heterocycles. The average molecular weight is 459 g/mol. The van der Waals surface area contributed by atoms with Gasteiger partial charge in [0.05, 0.1) is 23.1 Å². The van der Waals surface area contributed by atoms with E-state index in [1.54, 1.807) is 6.07 Å². The molecule has 12 heteroatoms. The predicted molar refractivity (Wildman–Crippen MR) is 109 cm³/mol. The number of hydrogen-bond acceptors (Lipinski definition) is 7. The van der Waals surface area contributed by atoms with Gasteiger partial charge in [0.1, 0.15) is 12.0 Å². The van der Waals surface area contributed by atoms with Crippen LogP contribution < -0.4 is 10.6 Å². The Bertz CT molecular complexity index is 1260. The summed E-state index contributed by atoms with van der Waals surface area (Å²) >= 11 is 1.08. The molecule has 0 aliphatic carbocycles. The third-order valence-corrected chi connectivity index (χ3v) is 4.95. The molecule has 3 heterocycles. The Morgan fingerprint density at radius 3 is 2.50 bits per heavy atom. The van der Waals surface area contributed by atoms with Crippen molar-refractivity contribution in [3.8, 4) is 10.8 Å². The lowest BCUT2D eigenvalue weighted by atomic mass is 10.1. The second-order valence-electron chi connectivity index (χ2n) is 6.29. The summed E-state index contributed by atoms with van der Waals surface area (Å²) in [4.78, 5) is 36.7. The van der Waals surface area contributed by atoms with Crippen LogP contribution in [0.25, 0.3) is 10.8 Å². The second-order valence-corrected chi connectivity index (χ2v) is 7.15. The first kappa shape index (κ1) is 21.2. The Hall–Kier alpha value is -4.06. The van der Waals surface area contributed by atoms with Crippen molar-refractivity contribution in [2.45, 2.75) is 6.18 Å². The summed E-state index contributed by atoms with van der Waals surface area (Å²) < 4.78 is 45.6. The van der Waals surface area contributed by atoms with Gasteiger partial charge in [-0.15, -0.1) is 11.3 Å². The number of anilines is 2. The Morgan fingerprint density at radius 2 is 1.81 bits per heavy atom. The van der Waals surface area contributed by atoms with Gasteiger partial charge in [-0.3, -0.25) is 9.59 Å². The molecule has 4 rings (SSSR count). The minimum atomic E-state index is -4.79. The van der Waals surface area contributed by atoms with Crippen LogP contribution in [-0.4, -0.2) is 26.8 Å². The lowest BCUT2D eigenvalue weighted by Crippen LogP contribution is -2.18. The zero-order valence-electron chi connectivity index (χ0n) is 15.9. The van der Waals surface area contributed by atoms with E-state index in [0.29, 0.717) is 10.8 Å². The number of hydrogen-bond donors (Lipinski definition) is 2. The number of nitrogens with one attached hydrogen (secondary N) is 2. The number of rotatable bonds is 5. The molecule has 4 aromatic rings. The van der Waals surface area contributed by atoms with E-state index in [0.717, 1.165) is 29.7 Å². The highest BCUT2D eigenvalue weighted by Crippen LogP contribution is 2.37. The Morgan fingerprint density at radius 1 is 1.03 bits per heavy atom. The van der Waals surface area contributed by atoms with Gasteiger partial charge in [0.25, 0.3) is 11.8 Å². The number of furan rings is 1. The molecular weight excluding hydrogens is 447 g/mol. The summed E-state index contributed by atoms with van der Waals surface area (Å²) in [6.45, 7) is 0. The Kier molecular flexibility index (Phi) is 5.69. The van der Waals surface area contributed by atoms with E-state index in [-0.39, 0.29) is 16.9 Å². The topological polar surface area (TPSA) is 110 Å². The van der Waals surface area contributed by atoms with Crippen LogP contribution in [0.15, 0.2) is 65.0 Å². The molecule has 2 N–H and O–H groups in total. The molecule has 0 aliphatic rings. The highest BCUT2D eigenvalue weighted by Gasteiger charge is 2.34. The number of alkyl halides is 3. The van der Waals surface area contributed by atoms with Gasteiger partial charge in [-0.05, 0) is 30.3 Å². The zero-order valence-corrected chi connectivity index (χ0v) is 16.7. The number of thiazole rings is 1. The van der Waals surface area contributed by atoms with Crippen molar-refractivity contribution in [1.29, 1.82) is 0 Å². The largest absolute Gasteiger partial charge is 0.472 e. The normalized spacial score (nSPS) is 11.2.